The molecule has 0 rings (SSSR count). The molecular weight excluding hydrogens is 275 g/mol. The second-order valence-electron chi connectivity index (χ2n) is 1.84. The molecular formula is C4H4F3N3O6S. The molecule has 0 aromatic rings. The maximum absolute atomic E-state index is 11.4. The average molecular weight is 279 g/mol. The summed E-state index contributed by atoms with van der Waals surface area (Å²) in [5.41, 5.74) is -1.55. The second-order valence-corrected chi connectivity index (χ2v) is 3.44. The van der Waals surface area contributed by atoms with Gasteiger partial charge in [0.25, 0.3) is 0 Å². The molecule has 0 aromatic heterocycles. The molecule has 0 heterocycles. The number of hydrogen-bond acceptors (Lipinski definition) is 4. The minimum absolute atomic E-state index is 0.874. The third-order valence-corrected chi connectivity index (χ3v) is 1.51. The number of hydrogen-bond donors (Lipinski definition) is 3. The van der Waals surface area contributed by atoms with Gasteiger partial charge >= 0.3 is 27.7 Å². The molecule has 4 N–H and O–H groups in total. The van der Waals surface area contributed by atoms with Gasteiger partial charge in [0.05, 0.1) is 0 Å². The number of halogens is 3. The van der Waals surface area contributed by atoms with Crippen LogP contribution in [0.2, 0.25) is 0 Å². The van der Waals surface area contributed by atoms with Crippen LogP contribution in [0.4, 0.5) is 22.8 Å². The van der Waals surface area contributed by atoms with Gasteiger partial charge in [0.2, 0.25) is 0 Å². The summed E-state index contributed by atoms with van der Waals surface area (Å²) >= 11 is 0. The molecule has 2 amide bonds. The predicted molar refractivity (Wildman–Crippen MR) is 45.1 cm³/mol. The van der Waals surface area contributed by atoms with Gasteiger partial charge in [-0.05, 0) is 0 Å². The van der Waals surface area contributed by atoms with Gasteiger partial charge in [-0.1, -0.05) is 4.40 Å². The Morgan fingerprint density at radius 1 is 1.24 bits per heavy atom. The van der Waals surface area contributed by atoms with Crippen LogP contribution < -0.4 is 5.73 Å². The number of nitrogens with two attached hydrogens (primary N) is 1. The first-order chi connectivity index (χ1) is 7.40. The van der Waals surface area contributed by atoms with E-state index < -0.39 is 27.7 Å². The molecule has 98 valence electrons. The zero-order valence-electron chi connectivity index (χ0n) is 7.54. The van der Waals surface area contributed by atoms with Crippen LogP contribution in [0.5, 0.6) is 0 Å². The zero-order valence-corrected chi connectivity index (χ0v) is 8.36. The molecule has 0 spiro atoms. The topological polar surface area (TPSA) is 159 Å². The van der Waals surface area contributed by atoms with Crippen molar-refractivity contribution >= 4 is 28.2 Å². The van der Waals surface area contributed by atoms with Crippen LogP contribution in [-0.4, -0.2) is 42.3 Å². The summed E-state index contributed by atoms with van der Waals surface area (Å²) < 4.78 is 56.2. The number of primary amides is 1. The van der Waals surface area contributed by atoms with Crippen molar-refractivity contribution in [3.8, 4) is 0 Å². The Kier molecular flexibility index (Phi) is 6.54. The highest BCUT2D eigenvalue weighted by atomic mass is 32.2. The molecule has 0 radical (unpaired) electrons. The van der Waals surface area contributed by atoms with Crippen molar-refractivity contribution in [2.45, 2.75) is 5.51 Å². The van der Waals surface area contributed by atoms with E-state index in [-0.39, 0.29) is 0 Å². The van der Waals surface area contributed by atoms with Gasteiger partial charge < -0.3 is 15.9 Å². The molecule has 0 atom stereocenters. The largest absolute Gasteiger partial charge is 0.519 e. The molecule has 0 unspecified atom stereocenters. The van der Waals surface area contributed by atoms with Crippen molar-refractivity contribution in [2.24, 2.45) is 15.1 Å². The molecule has 13 heteroatoms. The normalized spacial score (nSPS) is 10.3. The standard InChI is InChI=1S/C3HF3N2O4S.CH3NO2/c4-3(5,6)13(11,12)8-1-7-2(9)10;2-1(3)4/h(H,9,10);2H2,(H,3,4). The van der Waals surface area contributed by atoms with Crippen molar-refractivity contribution in [2.75, 3.05) is 0 Å². The molecule has 0 fully saturated rings. The van der Waals surface area contributed by atoms with E-state index in [0.29, 0.717) is 0 Å². The SMILES string of the molecule is NC(=O)O.O=C(O)N=C=NS(=O)(=O)C(F)(F)F. The van der Waals surface area contributed by atoms with Crippen molar-refractivity contribution in [3.63, 3.8) is 0 Å². The Morgan fingerprint density at radius 3 is 1.82 bits per heavy atom. The highest BCUT2D eigenvalue weighted by Gasteiger charge is 2.46. The van der Waals surface area contributed by atoms with Gasteiger partial charge in [-0.3, -0.25) is 0 Å². The van der Waals surface area contributed by atoms with E-state index in [1.807, 2.05) is 4.40 Å². The fourth-order valence-corrected chi connectivity index (χ4v) is 0.421. The van der Waals surface area contributed by atoms with E-state index in [1.165, 1.54) is 0 Å². The van der Waals surface area contributed by atoms with Crippen LogP contribution in [0, 0.1) is 0 Å². The summed E-state index contributed by atoms with van der Waals surface area (Å²) in [6.45, 7) is 0. The minimum Gasteiger partial charge on any atom is -0.465 e. The molecule has 17 heavy (non-hydrogen) atoms. The number of carbonyl (C=O) groups is 2. The third kappa shape index (κ3) is 10.1. The molecule has 0 saturated carbocycles. The molecule has 0 aromatic carbocycles. The van der Waals surface area contributed by atoms with E-state index in [2.05, 4.69) is 10.7 Å². The van der Waals surface area contributed by atoms with Crippen LogP contribution in [0.1, 0.15) is 0 Å². The van der Waals surface area contributed by atoms with E-state index >= 15 is 0 Å². The van der Waals surface area contributed by atoms with E-state index in [0.717, 1.165) is 6.01 Å². The minimum atomic E-state index is -5.74. The Bertz CT molecular complexity index is 444. The third-order valence-electron chi connectivity index (χ3n) is 0.599. The number of alkyl halides is 3. The van der Waals surface area contributed by atoms with Crippen molar-refractivity contribution < 1.29 is 41.4 Å². The van der Waals surface area contributed by atoms with Crippen LogP contribution in [0.25, 0.3) is 0 Å². The molecule has 0 aliphatic heterocycles. The molecule has 0 aliphatic carbocycles. The van der Waals surface area contributed by atoms with Gasteiger partial charge in [-0.2, -0.15) is 21.6 Å². The number of carboxylic acid groups (broad SMARTS) is 2. The van der Waals surface area contributed by atoms with Crippen molar-refractivity contribution in [1.29, 1.82) is 0 Å². The first-order valence-corrected chi connectivity index (χ1v) is 4.54. The Balaban J connectivity index is 0. The number of amides is 2. The smallest absolute Gasteiger partial charge is 0.465 e. The maximum Gasteiger partial charge on any atom is 0.519 e. The Hall–Kier alpha value is -2.14. The number of sulfonamides is 1. The van der Waals surface area contributed by atoms with E-state index in [4.69, 9.17) is 15.0 Å². The molecule has 9 nitrogen and oxygen atoms in total. The first-order valence-electron chi connectivity index (χ1n) is 3.10. The fourth-order valence-electron chi connectivity index (χ4n) is 0.169. The summed E-state index contributed by atoms with van der Waals surface area (Å²) in [5, 5.41) is 14.9. The zero-order chi connectivity index (χ0) is 14.3. The predicted octanol–water partition coefficient (Wildman–Crippen LogP) is 0.311. The average Bonchev–Trinajstić information content (AvgIpc) is 1.98. The molecule has 0 aliphatic rings. The van der Waals surface area contributed by atoms with Gasteiger partial charge in [0.15, 0.2) is 0 Å². The lowest BCUT2D eigenvalue weighted by atomic mass is 11.2. The van der Waals surface area contributed by atoms with Gasteiger partial charge in [0.1, 0.15) is 6.01 Å². The van der Waals surface area contributed by atoms with Gasteiger partial charge in [0, 0.05) is 0 Å². The Labute approximate surface area is 91.1 Å². The summed E-state index contributed by atoms with van der Waals surface area (Å²) in [6, 6.07) is 0.874. The maximum atomic E-state index is 11.4. The number of rotatable bonds is 1. The molecule has 0 bridgehead atoms. The lowest BCUT2D eigenvalue weighted by molar-refractivity contribution is -0.0435. The lowest BCUT2D eigenvalue weighted by Gasteiger charge is -1.98. The lowest BCUT2D eigenvalue weighted by Crippen LogP contribution is -2.20. The summed E-state index contributed by atoms with van der Waals surface area (Å²) in [7, 11) is -5.74. The summed E-state index contributed by atoms with van der Waals surface area (Å²) in [4.78, 5) is 20.5. The summed E-state index contributed by atoms with van der Waals surface area (Å²) in [6.07, 6.45) is -3.24. The highest BCUT2D eigenvalue weighted by molar-refractivity contribution is 7.91. The van der Waals surface area contributed by atoms with Crippen molar-refractivity contribution in [1.82, 2.24) is 0 Å². The van der Waals surface area contributed by atoms with Gasteiger partial charge in [-0.25, -0.2) is 9.59 Å². The fraction of sp³-hybridized carbons (Fsp3) is 0.250. The number of aliphatic imine (C=N–C) groups is 1. The van der Waals surface area contributed by atoms with Crippen LogP contribution in [0.15, 0.2) is 9.39 Å². The Morgan fingerprint density at radius 2 is 1.59 bits per heavy atom. The van der Waals surface area contributed by atoms with Gasteiger partial charge in [-0.15, -0.1) is 4.99 Å². The van der Waals surface area contributed by atoms with Crippen molar-refractivity contribution in [3.05, 3.63) is 0 Å². The highest BCUT2D eigenvalue weighted by Crippen LogP contribution is 2.23. The molecule has 0 saturated heterocycles. The quantitative estimate of drug-likeness (QED) is 0.585. The van der Waals surface area contributed by atoms with E-state index in [1.54, 1.807) is 0 Å². The first kappa shape index (κ1) is 17.3. The van der Waals surface area contributed by atoms with E-state index in [9.17, 15) is 26.4 Å². The monoisotopic (exact) mass is 279 g/mol. The second kappa shape index (κ2) is 6.44. The summed E-state index contributed by atoms with van der Waals surface area (Å²) in [5.74, 6) is 0. The van der Waals surface area contributed by atoms with Crippen LogP contribution in [-0.2, 0) is 10.0 Å². The van der Waals surface area contributed by atoms with Crippen LogP contribution >= 0.6 is 0 Å². The van der Waals surface area contributed by atoms with Crippen LogP contribution in [0.3, 0.4) is 0 Å². The number of nitrogens with zero attached hydrogens (tertiary/aromatic N) is 2.